The van der Waals surface area contributed by atoms with Gasteiger partial charge in [0.05, 0.1) is 5.69 Å². The van der Waals surface area contributed by atoms with E-state index in [4.69, 9.17) is 0 Å². The molecule has 0 aliphatic carbocycles. The lowest BCUT2D eigenvalue weighted by molar-refractivity contribution is 0.742. The zero-order valence-electron chi connectivity index (χ0n) is 8.45. The van der Waals surface area contributed by atoms with Crippen molar-refractivity contribution >= 4 is 5.69 Å². The van der Waals surface area contributed by atoms with E-state index in [9.17, 15) is 0 Å². The molecule has 0 fully saturated rings. The Kier molecular flexibility index (Phi) is 4.30. The summed E-state index contributed by atoms with van der Waals surface area (Å²) in [5.41, 5.74) is 1.12. The van der Waals surface area contributed by atoms with E-state index >= 15 is 0 Å². The van der Waals surface area contributed by atoms with Crippen molar-refractivity contribution in [2.24, 2.45) is 0 Å². The fourth-order valence-electron chi connectivity index (χ4n) is 1.39. The quantitative estimate of drug-likeness (QED) is 0.687. The van der Waals surface area contributed by atoms with Gasteiger partial charge < -0.3 is 4.90 Å². The Morgan fingerprint density at radius 2 is 2.00 bits per heavy atom. The standard InChI is InChI=1S/C11H17N2/c1-3-8-13(9-4-2)11-6-5-7-12-10-11/h5-7H,3-4,8-9H2,1-2H3. The van der Waals surface area contributed by atoms with Gasteiger partial charge in [0.2, 0.25) is 0 Å². The summed E-state index contributed by atoms with van der Waals surface area (Å²) in [5, 5.41) is 0. The van der Waals surface area contributed by atoms with Gasteiger partial charge in [0.15, 0.2) is 0 Å². The maximum Gasteiger partial charge on any atom is 0.114 e. The van der Waals surface area contributed by atoms with E-state index in [1.54, 1.807) is 6.20 Å². The summed E-state index contributed by atoms with van der Waals surface area (Å²) in [7, 11) is 0. The number of hydrogen-bond donors (Lipinski definition) is 0. The van der Waals surface area contributed by atoms with Gasteiger partial charge in [-0.1, -0.05) is 13.8 Å². The molecule has 0 amide bonds. The van der Waals surface area contributed by atoms with E-state index in [1.807, 2.05) is 6.07 Å². The molecule has 0 N–H and O–H groups in total. The van der Waals surface area contributed by atoms with Gasteiger partial charge >= 0.3 is 0 Å². The van der Waals surface area contributed by atoms with Crippen LogP contribution in [0.4, 0.5) is 5.69 Å². The fourth-order valence-corrected chi connectivity index (χ4v) is 1.39. The van der Waals surface area contributed by atoms with Crippen LogP contribution < -0.4 is 4.90 Å². The highest BCUT2D eigenvalue weighted by Crippen LogP contribution is 2.11. The molecule has 13 heavy (non-hydrogen) atoms. The van der Waals surface area contributed by atoms with Crippen molar-refractivity contribution in [1.82, 2.24) is 4.98 Å². The topological polar surface area (TPSA) is 16.1 Å². The molecule has 1 heterocycles. The van der Waals surface area contributed by atoms with E-state index in [2.05, 4.69) is 36.0 Å². The molecule has 0 aromatic carbocycles. The summed E-state index contributed by atoms with van der Waals surface area (Å²) >= 11 is 0. The minimum Gasteiger partial charge on any atom is -0.370 e. The zero-order chi connectivity index (χ0) is 9.52. The van der Waals surface area contributed by atoms with E-state index in [0.717, 1.165) is 18.8 Å². The van der Waals surface area contributed by atoms with Crippen LogP contribution in [0.2, 0.25) is 0 Å². The number of rotatable bonds is 5. The number of nitrogens with zero attached hydrogens (tertiary/aromatic N) is 2. The molecule has 1 aromatic rings. The van der Waals surface area contributed by atoms with E-state index in [1.165, 1.54) is 12.8 Å². The molecule has 0 unspecified atom stereocenters. The van der Waals surface area contributed by atoms with Gasteiger partial charge in [-0.15, -0.1) is 0 Å². The van der Waals surface area contributed by atoms with Gasteiger partial charge in [0.1, 0.15) is 6.20 Å². The third-order valence-electron chi connectivity index (χ3n) is 1.92. The first-order valence-corrected chi connectivity index (χ1v) is 4.96. The van der Waals surface area contributed by atoms with Crippen LogP contribution in [-0.4, -0.2) is 18.1 Å². The molecule has 71 valence electrons. The molecule has 1 rings (SSSR count). The molecular formula is C11H17N2. The minimum atomic E-state index is 1.09. The molecule has 0 saturated carbocycles. The minimum absolute atomic E-state index is 1.09. The highest BCUT2D eigenvalue weighted by Gasteiger charge is 2.03. The van der Waals surface area contributed by atoms with Gasteiger partial charge in [-0.25, -0.2) is 0 Å². The molecule has 1 aromatic heterocycles. The number of anilines is 1. The van der Waals surface area contributed by atoms with Crippen molar-refractivity contribution in [3.63, 3.8) is 0 Å². The van der Waals surface area contributed by atoms with Crippen LogP contribution in [0.3, 0.4) is 0 Å². The van der Waals surface area contributed by atoms with Crippen molar-refractivity contribution in [1.29, 1.82) is 0 Å². The predicted molar refractivity (Wildman–Crippen MR) is 55.9 cm³/mol. The molecule has 0 aliphatic heterocycles. The Bertz CT molecular complexity index is 215. The van der Waals surface area contributed by atoms with Crippen LogP contribution in [-0.2, 0) is 0 Å². The Morgan fingerprint density at radius 1 is 1.31 bits per heavy atom. The highest BCUT2D eigenvalue weighted by molar-refractivity contribution is 5.42. The maximum absolute atomic E-state index is 4.00. The summed E-state index contributed by atoms with van der Waals surface area (Å²) < 4.78 is 0. The van der Waals surface area contributed by atoms with Crippen molar-refractivity contribution < 1.29 is 0 Å². The van der Waals surface area contributed by atoms with Crippen molar-refractivity contribution in [2.45, 2.75) is 26.7 Å². The van der Waals surface area contributed by atoms with Crippen molar-refractivity contribution in [2.75, 3.05) is 18.0 Å². The smallest absolute Gasteiger partial charge is 0.114 e. The molecule has 0 bridgehead atoms. The second-order valence-corrected chi connectivity index (χ2v) is 3.12. The fraction of sp³-hybridized carbons (Fsp3) is 0.545. The number of pyridine rings is 1. The van der Waals surface area contributed by atoms with Gasteiger partial charge in [0, 0.05) is 19.3 Å². The largest absolute Gasteiger partial charge is 0.370 e. The second-order valence-electron chi connectivity index (χ2n) is 3.12. The Morgan fingerprint density at radius 3 is 2.46 bits per heavy atom. The Hall–Kier alpha value is -1.05. The van der Waals surface area contributed by atoms with Crippen molar-refractivity contribution in [3.8, 4) is 0 Å². The summed E-state index contributed by atoms with van der Waals surface area (Å²) in [4.78, 5) is 6.33. The first kappa shape index (κ1) is 10.0. The molecule has 0 aliphatic rings. The monoisotopic (exact) mass is 177 g/mol. The van der Waals surface area contributed by atoms with Crippen LogP contribution in [0, 0.1) is 6.20 Å². The molecule has 0 atom stereocenters. The number of hydrogen-bond acceptors (Lipinski definition) is 2. The normalized spacial score (nSPS) is 10.0. The first-order chi connectivity index (χ1) is 6.38. The molecule has 0 saturated heterocycles. The summed E-state index contributed by atoms with van der Waals surface area (Å²) in [6.45, 7) is 6.57. The molecule has 2 heteroatoms. The van der Waals surface area contributed by atoms with E-state index in [0.29, 0.717) is 0 Å². The molecular weight excluding hydrogens is 160 g/mol. The SMILES string of the molecule is CCCN(CCC)c1[c]nccc1. The third kappa shape index (κ3) is 3.05. The summed E-state index contributed by atoms with van der Waals surface area (Å²) in [6, 6.07) is 4.03. The van der Waals surface area contributed by atoms with E-state index in [-0.39, 0.29) is 0 Å². The summed E-state index contributed by atoms with van der Waals surface area (Å²) in [6.07, 6.45) is 7.12. The zero-order valence-corrected chi connectivity index (χ0v) is 8.45. The molecule has 0 spiro atoms. The highest BCUT2D eigenvalue weighted by atomic mass is 15.1. The lowest BCUT2D eigenvalue weighted by atomic mass is 10.3. The van der Waals surface area contributed by atoms with Gasteiger partial charge in [-0.3, -0.25) is 4.98 Å². The second kappa shape index (κ2) is 5.57. The Balaban J connectivity index is 2.64. The van der Waals surface area contributed by atoms with Crippen LogP contribution in [0.5, 0.6) is 0 Å². The van der Waals surface area contributed by atoms with Crippen LogP contribution in [0.25, 0.3) is 0 Å². The van der Waals surface area contributed by atoms with Crippen LogP contribution in [0.1, 0.15) is 26.7 Å². The van der Waals surface area contributed by atoms with Crippen molar-refractivity contribution in [3.05, 3.63) is 24.5 Å². The Labute approximate surface area is 80.6 Å². The van der Waals surface area contributed by atoms with Gasteiger partial charge in [-0.05, 0) is 25.0 Å². The van der Waals surface area contributed by atoms with Crippen LogP contribution >= 0.6 is 0 Å². The van der Waals surface area contributed by atoms with E-state index < -0.39 is 0 Å². The third-order valence-corrected chi connectivity index (χ3v) is 1.92. The average Bonchev–Trinajstić information content (AvgIpc) is 2.19. The predicted octanol–water partition coefficient (Wildman–Crippen LogP) is 2.51. The first-order valence-electron chi connectivity index (χ1n) is 4.96. The molecule has 2 nitrogen and oxygen atoms in total. The van der Waals surface area contributed by atoms with Crippen LogP contribution in [0.15, 0.2) is 18.3 Å². The van der Waals surface area contributed by atoms with Gasteiger partial charge in [-0.2, -0.15) is 0 Å². The average molecular weight is 177 g/mol. The number of aromatic nitrogens is 1. The molecule has 1 radical (unpaired) electrons. The van der Waals surface area contributed by atoms with Gasteiger partial charge in [0.25, 0.3) is 0 Å². The lowest BCUT2D eigenvalue weighted by Gasteiger charge is -2.22. The summed E-state index contributed by atoms with van der Waals surface area (Å²) in [5.74, 6) is 0. The maximum atomic E-state index is 4.00. The lowest BCUT2D eigenvalue weighted by Crippen LogP contribution is -2.24.